The Bertz CT molecular complexity index is 1490. The van der Waals surface area contributed by atoms with E-state index >= 15 is 0 Å². The molecular formula is C28H26N4O2. The molecule has 5 rings (SSSR count). The molecule has 0 saturated heterocycles. The molecule has 0 atom stereocenters. The van der Waals surface area contributed by atoms with Crippen molar-refractivity contribution >= 4 is 28.0 Å². The predicted molar refractivity (Wildman–Crippen MR) is 134 cm³/mol. The molecule has 6 heteroatoms. The number of unbranched alkanes of at least 4 members (excludes halogenated alkanes) is 1. The number of pyridine rings is 2. The van der Waals surface area contributed by atoms with Crippen molar-refractivity contribution in [2.75, 3.05) is 7.11 Å². The van der Waals surface area contributed by atoms with E-state index in [1.165, 1.54) is 12.7 Å². The minimum absolute atomic E-state index is 0.368. The van der Waals surface area contributed by atoms with Gasteiger partial charge in [0.05, 0.1) is 30.4 Å². The molecule has 0 unspecified atom stereocenters. The van der Waals surface area contributed by atoms with E-state index in [2.05, 4.69) is 34.7 Å². The van der Waals surface area contributed by atoms with E-state index in [9.17, 15) is 4.79 Å². The topological polar surface area (TPSA) is 69.9 Å². The van der Waals surface area contributed by atoms with E-state index in [1.807, 2.05) is 48.7 Å². The van der Waals surface area contributed by atoms with E-state index in [0.717, 1.165) is 58.4 Å². The van der Waals surface area contributed by atoms with Gasteiger partial charge in [0.25, 0.3) is 0 Å². The van der Waals surface area contributed by atoms with Crippen LogP contribution in [0.1, 0.15) is 41.5 Å². The molecular weight excluding hydrogens is 424 g/mol. The highest BCUT2D eigenvalue weighted by Gasteiger charge is 2.15. The standard InChI is InChI=1S/C28H26N4O2/c1-3-4-11-26-31-25-10-7-16-29-27(25)32(26)18-19-12-14-23-20(17-19)13-15-24(30-23)21-8-5-6-9-22(21)28(33)34-2/h5-10,12-17H,3-4,11,18H2,1-2H3. The number of ether oxygens (including phenoxy) is 1. The summed E-state index contributed by atoms with van der Waals surface area (Å²) in [4.78, 5) is 26.4. The molecule has 0 aliphatic heterocycles. The van der Waals surface area contributed by atoms with Crippen molar-refractivity contribution in [3.63, 3.8) is 0 Å². The molecule has 0 aliphatic carbocycles. The Morgan fingerprint density at radius 1 is 0.971 bits per heavy atom. The predicted octanol–water partition coefficient (Wildman–Crippen LogP) is 5.82. The number of methoxy groups -OCH3 is 1. The summed E-state index contributed by atoms with van der Waals surface area (Å²) in [5.74, 6) is 0.705. The number of hydrogen-bond donors (Lipinski definition) is 0. The largest absolute Gasteiger partial charge is 0.465 e. The van der Waals surface area contributed by atoms with Gasteiger partial charge in [-0.15, -0.1) is 0 Å². The van der Waals surface area contributed by atoms with Crippen LogP contribution >= 0.6 is 0 Å². The van der Waals surface area contributed by atoms with E-state index < -0.39 is 0 Å². The molecule has 2 aromatic carbocycles. The van der Waals surface area contributed by atoms with Crippen LogP contribution in [0.2, 0.25) is 0 Å². The van der Waals surface area contributed by atoms with Crippen LogP contribution in [0.3, 0.4) is 0 Å². The number of imidazole rings is 1. The van der Waals surface area contributed by atoms with Crippen LogP contribution in [0.5, 0.6) is 0 Å². The van der Waals surface area contributed by atoms with Gasteiger partial charge < -0.3 is 9.30 Å². The lowest BCUT2D eigenvalue weighted by molar-refractivity contribution is 0.0601. The first kappa shape index (κ1) is 21.8. The van der Waals surface area contributed by atoms with Gasteiger partial charge in [0.1, 0.15) is 11.3 Å². The number of rotatable bonds is 7. The first-order valence-corrected chi connectivity index (χ1v) is 11.6. The third-order valence-electron chi connectivity index (χ3n) is 6.04. The molecule has 34 heavy (non-hydrogen) atoms. The molecule has 0 radical (unpaired) electrons. The Morgan fingerprint density at radius 2 is 1.85 bits per heavy atom. The first-order valence-electron chi connectivity index (χ1n) is 11.6. The van der Waals surface area contributed by atoms with Crippen LogP contribution < -0.4 is 0 Å². The van der Waals surface area contributed by atoms with Gasteiger partial charge in [-0.1, -0.05) is 43.7 Å². The van der Waals surface area contributed by atoms with Gasteiger partial charge in [-0.25, -0.2) is 19.7 Å². The summed E-state index contributed by atoms with van der Waals surface area (Å²) in [6.07, 6.45) is 4.98. The third kappa shape index (κ3) is 4.15. The second-order valence-electron chi connectivity index (χ2n) is 8.32. The molecule has 0 fully saturated rings. The maximum absolute atomic E-state index is 12.2. The number of benzene rings is 2. The SMILES string of the molecule is CCCCc1nc2cccnc2n1Cc1ccc2nc(-c3ccccc3C(=O)OC)ccc2c1. The monoisotopic (exact) mass is 450 g/mol. The van der Waals surface area contributed by atoms with Gasteiger partial charge >= 0.3 is 5.97 Å². The number of aromatic nitrogens is 4. The second kappa shape index (κ2) is 9.43. The van der Waals surface area contributed by atoms with Crippen LogP contribution in [-0.2, 0) is 17.7 Å². The molecule has 0 spiro atoms. The zero-order valence-corrected chi connectivity index (χ0v) is 19.4. The normalized spacial score (nSPS) is 11.2. The number of aryl methyl sites for hydroxylation is 1. The summed E-state index contributed by atoms with van der Waals surface area (Å²) in [5, 5.41) is 1.05. The molecule has 0 saturated carbocycles. The van der Waals surface area contributed by atoms with Crippen molar-refractivity contribution in [2.45, 2.75) is 32.7 Å². The van der Waals surface area contributed by atoms with Crippen LogP contribution in [0.4, 0.5) is 0 Å². The molecule has 0 amide bonds. The number of carbonyl (C=O) groups excluding carboxylic acids is 1. The third-order valence-corrected chi connectivity index (χ3v) is 6.04. The number of nitrogens with zero attached hydrogens (tertiary/aromatic N) is 4. The van der Waals surface area contributed by atoms with Crippen molar-refractivity contribution in [1.82, 2.24) is 19.5 Å². The minimum atomic E-state index is -0.368. The Labute approximate surface area is 198 Å². The molecule has 170 valence electrons. The molecule has 5 aromatic rings. The lowest BCUT2D eigenvalue weighted by Gasteiger charge is -2.11. The fourth-order valence-corrected chi connectivity index (χ4v) is 4.30. The summed E-state index contributed by atoms with van der Waals surface area (Å²) >= 11 is 0. The summed E-state index contributed by atoms with van der Waals surface area (Å²) in [6.45, 7) is 2.90. The zero-order valence-electron chi connectivity index (χ0n) is 19.4. The van der Waals surface area contributed by atoms with Crippen molar-refractivity contribution in [3.05, 3.63) is 89.9 Å². The second-order valence-corrected chi connectivity index (χ2v) is 8.32. The number of fused-ring (bicyclic) bond motifs is 2. The summed E-state index contributed by atoms with van der Waals surface area (Å²) < 4.78 is 7.16. The van der Waals surface area contributed by atoms with Gasteiger partial charge in [-0.2, -0.15) is 0 Å². The molecule has 3 aromatic heterocycles. The quantitative estimate of drug-likeness (QED) is 0.292. The van der Waals surface area contributed by atoms with Gasteiger partial charge in [0, 0.05) is 23.6 Å². The molecule has 0 N–H and O–H groups in total. The van der Waals surface area contributed by atoms with E-state index in [1.54, 1.807) is 6.07 Å². The zero-order chi connectivity index (χ0) is 23.5. The summed E-state index contributed by atoms with van der Waals surface area (Å²) in [7, 11) is 1.39. The van der Waals surface area contributed by atoms with Gasteiger partial charge in [0.2, 0.25) is 0 Å². The molecule has 0 aliphatic rings. The smallest absolute Gasteiger partial charge is 0.338 e. The molecule has 3 heterocycles. The Kier molecular flexibility index (Phi) is 6.04. The van der Waals surface area contributed by atoms with Crippen LogP contribution in [0.15, 0.2) is 72.9 Å². The average Bonchev–Trinajstić information content (AvgIpc) is 3.23. The van der Waals surface area contributed by atoms with Crippen molar-refractivity contribution in [2.24, 2.45) is 0 Å². The van der Waals surface area contributed by atoms with E-state index in [4.69, 9.17) is 14.7 Å². The summed E-state index contributed by atoms with van der Waals surface area (Å²) in [6, 6.07) is 21.6. The number of hydrogen-bond acceptors (Lipinski definition) is 5. The van der Waals surface area contributed by atoms with Crippen molar-refractivity contribution in [1.29, 1.82) is 0 Å². The lowest BCUT2D eigenvalue weighted by atomic mass is 10.0. The Hall–Kier alpha value is -4.06. The first-order chi connectivity index (χ1) is 16.7. The number of esters is 1. The van der Waals surface area contributed by atoms with Crippen LogP contribution in [-0.4, -0.2) is 32.6 Å². The van der Waals surface area contributed by atoms with Crippen LogP contribution in [0, 0.1) is 0 Å². The van der Waals surface area contributed by atoms with Gasteiger partial charge in [0.15, 0.2) is 5.65 Å². The number of carbonyl (C=O) groups is 1. The fraction of sp³-hybridized carbons (Fsp3) is 0.214. The fourth-order valence-electron chi connectivity index (χ4n) is 4.30. The highest BCUT2D eigenvalue weighted by atomic mass is 16.5. The highest BCUT2D eigenvalue weighted by molar-refractivity contribution is 5.97. The minimum Gasteiger partial charge on any atom is -0.465 e. The van der Waals surface area contributed by atoms with E-state index in [0.29, 0.717) is 12.1 Å². The summed E-state index contributed by atoms with van der Waals surface area (Å²) in [5.41, 5.74) is 5.91. The van der Waals surface area contributed by atoms with Gasteiger partial charge in [-0.05, 0) is 48.4 Å². The molecule has 0 bridgehead atoms. The van der Waals surface area contributed by atoms with Crippen molar-refractivity contribution in [3.8, 4) is 11.3 Å². The Morgan fingerprint density at radius 3 is 2.71 bits per heavy atom. The highest BCUT2D eigenvalue weighted by Crippen LogP contribution is 2.26. The average molecular weight is 451 g/mol. The van der Waals surface area contributed by atoms with Gasteiger partial charge in [-0.3, -0.25) is 0 Å². The lowest BCUT2D eigenvalue weighted by Crippen LogP contribution is -2.06. The maximum atomic E-state index is 12.2. The van der Waals surface area contributed by atoms with Crippen molar-refractivity contribution < 1.29 is 9.53 Å². The maximum Gasteiger partial charge on any atom is 0.338 e. The Balaban J connectivity index is 1.50. The van der Waals surface area contributed by atoms with Crippen LogP contribution in [0.25, 0.3) is 33.3 Å². The molecule has 6 nitrogen and oxygen atoms in total. The van der Waals surface area contributed by atoms with E-state index in [-0.39, 0.29) is 5.97 Å².